The van der Waals surface area contributed by atoms with E-state index in [0.717, 1.165) is 22.3 Å². The van der Waals surface area contributed by atoms with Gasteiger partial charge < -0.3 is 9.88 Å². The minimum atomic E-state index is -0.0210. The molecule has 5 heteroatoms. The number of thiophene rings is 1. The Morgan fingerprint density at radius 2 is 2.09 bits per heavy atom. The van der Waals surface area contributed by atoms with E-state index in [1.165, 1.54) is 11.3 Å². The number of carbonyl (C=O) groups excluding carboxylic acids is 1. The summed E-state index contributed by atoms with van der Waals surface area (Å²) in [6, 6.07) is 7.84. The third kappa shape index (κ3) is 2.90. The maximum atomic E-state index is 12.6. The molecule has 0 aliphatic heterocycles. The maximum Gasteiger partial charge on any atom is 0.263 e. The second kappa shape index (κ2) is 6.32. The van der Waals surface area contributed by atoms with Crippen molar-refractivity contribution in [1.82, 2.24) is 14.9 Å². The highest BCUT2D eigenvalue weighted by molar-refractivity contribution is 7.21. The first-order chi connectivity index (χ1) is 10.7. The second-order valence-electron chi connectivity index (χ2n) is 5.66. The Labute approximate surface area is 133 Å². The highest BCUT2D eigenvalue weighted by Gasteiger charge is 2.19. The summed E-state index contributed by atoms with van der Waals surface area (Å²) < 4.78 is 1.98. The van der Waals surface area contributed by atoms with E-state index in [2.05, 4.69) is 24.1 Å². The van der Waals surface area contributed by atoms with Crippen LogP contribution in [0.15, 0.2) is 42.9 Å². The molecule has 0 saturated heterocycles. The number of aromatic nitrogens is 2. The predicted octanol–water partition coefficient (Wildman–Crippen LogP) is 3.86. The summed E-state index contributed by atoms with van der Waals surface area (Å²) in [5.41, 5.74) is 0.917. The van der Waals surface area contributed by atoms with Crippen molar-refractivity contribution in [2.75, 3.05) is 6.54 Å². The quantitative estimate of drug-likeness (QED) is 0.777. The Morgan fingerprint density at radius 3 is 2.82 bits per heavy atom. The molecule has 114 valence electrons. The first-order valence-corrected chi connectivity index (χ1v) is 8.27. The summed E-state index contributed by atoms with van der Waals surface area (Å²) in [5.74, 6) is 0.556. The van der Waals surface area contributed by atoms with Crippen molar-refractivity contribution in [3.63, 3.8) is 0 Å². The van der Waals surface area contributed by atoms with Crippen LogP contribution in [0.4, 0.5) is 0 Å². The molecule has 3 aromatic rings. The van der Waals surface area contributed by atoms with Crippen LogP contribution in [-0.4, -0.2) is 22.0 Å². The third-order valence-corrected chi connectivity index (χ3v) is 4.62. The average Bonchev–Trinajstić information content (AvgIpc) is 3.13. The molecule has 1 amide bonds. The summed E-state index contributed by atoms with van der Waals surface area (Å²) in [5, 5.41) is 4.04. The van der Waals surface area contributed by atoms with Crippen LogP contribution in [0, 0.1) is 5.92 Å². The number of nitrogens with zero attached hydrogens (tertiary/aromatic N) is 2. The average molecular weight is 313 g/mol. The van der Waals surface area contributed by atoms with Crippen molar-refractivity contribution in [3.05, 3.63) is 47.7 Å². The number of hydrogen-bond acceptors (Lipinski definition) is 3. The lowest BCUT2D eigenvalue weighted by Gasteiger charge is -2.08. The van der Waals surface area contributed by atoms with E-state index in [0.29, 0.717) is 17.3 Å². The van der Waals surface area contributed by atoms with E-state index in [-0.39, 0.29) is 5.91 Å². The van der Waals surface area contributed by atoms with Gasteiger partial charge in [0.1, 0.15) is 9.71 Å². The fourth-order valence-electron chi connectivity index (χ4n) is 2.37. The van der Waals surface area contributed by atoms with Gasteiger partial charge in [0.05, 0.1) is 5.69 Å². The zero-order valence-corrected chi connectivity index (χ0v) is 13.6. The van der Waals surface area contributed by atoms with E-state index in [1.807, 2.05) is 41.2 Å². The number of nitrogens with one attached hydrogen (secondary N) is 1. The van der Waals surface area contributed by atoms with Gasteiger partial charge in [0.15, 0.2) is 0 Å². The largest absolute Gasteiger partial charge is 0.351 e. The van der Waals surface area contributed by atoms with Crippen LogP contribution in [-0.2, 0) is 0 Å². The van der Waals surface area contributed by atoms with Crippen LogP contribution in [0.1, 0.15) is 29.9 Å². The molecular formula is C17H19N3OS. The lowest BCUT2D eigenvalue weighted by Crippen LogP contribution is -2.25. The van der Waals surface area contributed by atoms with Crippen molar-refractivity contribution in [3.8, 4) is 5.69 Å². The standard InChI is InChI=1S/C17H19N3OS/c1-12(2)7-9-18-16(21)15-14(20-10-3-4-11-20)13-6-5-8-19-17(13)22-15/h3-6,8,10-12H,7,9H2,1-2H3,(H,18,21). The fourth-order valence-corrected chi connectivity index (χ4v) is 3.43. The van der Waals surface area contributed by atoms with Crippen LogP contribution in [0.5, 0.6) is 0 Å². The first kappa shape index (κ1) is 14.8. The fraction of sp³-hybridized carbons (Fsp3) is 0.294. The molecule has 0 saturated carbocycles. The van der Waals surface area contributed by atoms with E-state index >= 15 is 0 Å². The number of amides is 1. The molecule has 0 bridgehead atoms. The summed E-state index contributed by atoms with van der Waals surface area (Å²) >= 11 is 1.45. The smallest absolute Gasteiger partial charge is 0.263 e. The second-order valence-corrected chi connectivity index (χ2v) is 6.66. The number of carbonyl (C=O) groups is 1. The van der Waals surface area contributed by atoms with Gasteiger partial charge in [-0.25, -0.2) is 4.98 Å². The molecule has 1 N–H and O–H groups in total. The van der Waals surface area contributed by atoms with Crippen LogP contribution < -0.4 is 5.32 Å². The molecule has 0 radical (unpaired) electrons. The molecule has 0 atom stereocenters. The molecule has 0 aliphatic rings. The van der Waals surface area contributed by atoms with Gasteiger partial charge in [-0.2, -0.15) is 0 Å². The summed E-state index contributed by atoms with van der Waals surface area (Å²) in [6.45, 7) is 5.00. The molecule has 4 nitrogen and oxygen atoms in total. The Morgan fingerprint density at radius 1 is 1.32 bits per heavy atom. The predicted molar refractivity (Wildman–Crippen MR) is 90.7 cm³/mol. The van der Waals surface area contributed by atoms with Gasteiger partial charge in [-0.3, -0.25) is 4.79 Å². The van der Waals surface area contributed by atoms with E-state index < -0.39 is 0 Å². The van der Waals surface area contributed by atoms with Crippen molar-refractivity contribution < 1.29 is 4.79 Å². The van der Waals surface area contributed by atoms with Crippen LogP contribution >= 0.6 is 11.3 Å². The van der Waals surface area contributed by atoms with Gasteiger partial charge in [0, 0.05) is 30.5 Å². The van der Waals surface area contributed by atoms with E-state index in [4.69, 9.17) is 0 Å². The maximum absolute atomic E-state index is 12.6. The van der Waals surface area contributed by atoms with Gasteiger partial charge >= 0.3 is 0 Å². The molecule has 0 fully saturated rings. The summed E-state index contributed by atoms with van der Waals surface area (Å²) in [6.07, 6.45) is 6.66. The Kier molecular flexibility index (Phi) is 4.24. The third-order valence-electron chi connectivity index (χ3n) is 3.52. The molecule has 0 aromatic carbocycles. The molecule has 3 rings (SSSR count). The molecule has 0 unspecified atom stereocenters. The van der Waals surface area contributed by atoms with Gasteiger partial charge in [-0.05, 0) is 36.6 Å². The van der Waals surface area contributed by atoms with Gasteiger partial charge in [0.25, 0.3) is 5.91 Å². The normalized spacial score (nSPS) is 11.2. The van der Waals surface area contributed by atoms with Crippen LogP contribution in [0.25, 0.3) is 15.9 Å². The highest BCUT2D eigenvalue weighted by atomic mass is 32.1. The number of hydrogen-bond donors (Lipinski definition) is 1. The minimum absolute atomic E-state index is 0.0210. The number of pyridine rings is 1. The summed E-state index contributed by atoms with van der Waals surface area (Å²) in [7, 11) is 0. The van der Waals surface area contributed by atoms with E-state index in [1.54, 1.807) is 6.20 Å². The number of rotatable bonds is 5. The van der Waals surface area contributed by atoms with Crippen molar-refractivity contribution in [1.29, 1.82) is 0 Å². The van der Waals surface area contributed by atoms with Crippen molar-refractivity contribution in [2.45, 2.75) is 20.3 Å². The Hall–Kier alpha value is -2.14. The highest BCUT2D eigenvalue weighted by Crippen LogP contribution is 2.32. The lowest BCUT2D eigenvalue weighted by molar-refractivity contribution is 0.0956. The van der Waals surface area contributed by atoms with Crippen LogP contribution in [0.3, 0.4) is 0 Å². The molecule has 3 aromatic heterocycles. The van der Waals surface area contributed by atoms with Gasteiger partial charge in [-0.1, -0.05) is 13.8 Å². The molecule has 22 heavy (non-hydrogen) atoms. The van der Waals surface area contributed by atoms with Gasteiger partial charge in [0.2, 0.25) is 0 Å². The number of fused-ring (bicyclic) bond motifs is 1. The molecule has 0 aliphatic carbocycles. The zero-order valence-electron chi connectivity index (χ0n) is 12.7. The topological polar surface area (TPSA) is 46.9 Å². The molecule has 0 spiro atoms. The first-order valence-electron chi connectivity index (χ1n) is 7.46. The van der Waals surface area contributed by atoms with Crippen molar-refractivity contribution >= 4 is 27.5 Å². The minimum Gasteiger partial charge on any atom is -0.351 e. The zero-order chi connectivity index (χ0) is 15.5. The Bertz CT molecular complexity index is 774. The monoisotopic (exact) mass is 313 g/mol. The SMILES string of the molecule is CC(C)CCNC(=O)c1sc2ncccc2c1-n1cccc1. The van der Waals surface area contributed by atoms with E-state index in [9.17, 15) is 4.79 Å². The Balaban J connectivity index is 1.98. The van der Waals surface area contributed by atoms with Gasteiger partial charge in [-0.15, -0.1) is 11.3 Å². The van der Waals surface area contributed by atoms with Crippen LogP contribution in [0.2, 0.25) is 0 Å². The molecular weight excluding hydrogens is 294 g/mol. The lowest BCUT2D eigenvalue weighted by atomic mass is 10.1. The van der Waals surface area contributed by atoms with Crippen molar-refractivity contribution in [2.24, 2.45) is 5.92 Å². The summed E-state index contributed by atoms with van der Waals surface area (Å²) in [4.78, 5) is 18.6. The molecule has 3 heterocycles.